The van der Waals surface area contributed by atoms with E-state index in [-0.39, 0.29) is 27.3 Å². The van der Waals surface area contributed by atoms with E-state index in [0.29, 0.717) is 12.5 Å². The van der Waals surface area contributed by atoms with Crippen molar-refractivity contribution in [2.75, 3.05) is 12.5 Å². The number of rotatable bonds is 0. The first-order chi connectivity index (χ1) is 4.00. The molecule has 0 aromatic rings. The molecule has 11 heavy (non-hydrogen) atoms. The largest absolute Gasteiger partial charge is 2.00 e. The van der Waals surface area contributed by atoms with Gasteiger partial charge in [-0.2, -0.15) is 0 Å². The van der Waals surface area contributed by atoms with Gasteiger partial charge in [0.05, 0.1) is 20.2 Å². The summed E-state index contributed by atoms with van der Waals surface area (Å²) in [6.45, 7) is 0. The second-order valence-corrected chi connectivity index (χ2v) is 4.22. The molecule has 0 fully saturated rings. The van der Waals surface area contributed by atoms with Crippen LogP contribution in [0.2, 0.25) is 0 Å². The normalized spacial score (nSPS) is 10.5. The molecule has 0 bridgehead atoms. The summed E-state index contributed by atoms with van der Waals surface area (Å²) >= 11 is 0. The Kier molecular flexibility index (Phi) is 10.1. The Morgan fingerprint density at radius 3 is 0.818 bits per heavy atom. The van der Waals surface area contributed by atoms with Gasteiger partial charge >= 0.3 is 27.3 Å². The van der Waals surface area contributed by atoms with Gasteiger partial charge in [0.1, 0.15) is 0 Å². The first kappa shape index (κ1) is 17.7. The minimum atomic E-state index is -3.92. The van der Waals surface area contributed by atoms with Gasteiger partial charge in [-0.25, -0.2) is 16.8 Å². The smallest absolute Gasteiger partial charge is 0.748 e. The van der Waals surface area contributed by atoms with Crippen LogP contribution in [0.15, 0.2) is 0 Å². The van der Waals surface area contributed by atoms with Crippen LogP contribution in [-0.4, -0.2) is 65.8 Å². The van der Waals surface area contributed by atoms with Crippen LogP contribution in [0.3, 0.4) is 0 Å². The third-order valence-electron chi connectivity index (χ3n) is 0. The van der Waals surface area contributed by atoms with Gasteiger partial charge < -0.3 is 9.11 Å². The summed E-state index contributed by atoms with van der Waals surface area (Å²) in [5, 5.41) is 0. The molecule has 0 aliphatic heterocycles. The van der Waals surface area contributed by atoms with Crippen LogP contribution in [0.4, 0.5) is 0 Å². The van der Waals surface area contributed by atoms with Gasteiger partial charge in [-0.3, -0.25) is 0 Å². The summed E-state index contributed by atoms with van der Waals surface area (Å²) in [5.41, 5.74) is 0. The van der Waals surface area contributed by atoms with Crippen molar-refractivity contribution in [1.29, 1.82) is 0 Å². The third-order valence-corrected chi connectivity index (χ3v) is 0. The van der Waals surface area contributed by atoms with E-state index in [2.05, 4.69) is 0 Å². The summed E-state index contributed by atoms with van der Waals surface area (Å²) < 4.78 is 54.5. The monoisotopic (exact) mass is 398 g/mol. The van der Waals surface area contributed by atoms with E-state index in [1.807, 2.05) is 0 Å². The fourth-order valence-electron chi connectivity index (χ4n) is 0. The van der Waals surface area contributed by atoms with Crippen molar-refractivity contribution in [2.24, 2.45) is 0 Å². The molecule has 0 N–H and O–H groups in total. The SMILES string of the molecule is CS(=O)(=O)[O-].CS(=O)(=O)[O-].[Pb+2]. The summed E-state index contributed by atoms with van der Waals surface area (Å²) in [5.74, 6) is 0. The van der Waals surface area contributed by atoms with E-state index in [4.69, 9.17) is 25.9 Å². The topological polar surface area (TPSA) is 114 Å². The molecule has 0 aromatic carbocycles. The third kappa shape index (κ3) is 1490. The Bertz CT molecular complexity index is 215. The minimum Gasteiger partial charge on any atom is -0.748 e. The quantitative estimate of drug-likeness (QED) is 0.343. The Balaban J connectivity index is -0.000000107. The molecule has 0 aliphatic rings. The van der Waals surface area contributed by atoms with Crippen LogP contribution in [0.1, 0.15) is 0 Å². The van der Waals surface area contributed by atoms with E-state index in [1.54, 1.807) is 0 Å². The molecule has 0 unspecified atom stereocenters. The second-order valence-electron chi connectivity index (χ2n) is 1.41. The van der Waals surface area contributed by atoms with Crippen LogP contribution in [0, 0.1) is 0 Å². The molecular weight excluding hydrogens is 391 g/mol. The number of hydrogen-bond acceptors (Lipinski definition) is 6. The summed E-state index contributed by atoms with van der Waals surface area (Å²) in [4.78, 5) is 0. The molecule has 0 heterocycles. The first-order valence-electron chi connectivity index (χ1n) is 1.82. The van der Waals surface area contributed by atoms with Gasteiger partial charge in [0.2, 0.25) is 0 Å². The van der Waals surface area contributed by atoms with Crippen molar-refractivity contribution in [3.05, 3.63) is 0 Å². The van der Waals surface area contributed by atoms with E-state index in [9.17, 15) is 0 Å². The fourth-order valence-corrected chi connectivity index (χ4v) is 0. The van der Waals surface area contributed by atoms with Gasteiger partial charge in [-0.15, -0.1) is 0 Å². The van der Waals surface area contributed by atoms with Crippen molar-refractivity contribution in [2.45, 2.75) is 0 Å². The molecule has 6 nitrogen and oxygen atoms in total. The van der Waals surface area contributed by atoms with Gasteiger partial charge in [0.15, 0.2) is 0 Å². The zero-order valence-electron chi connectivity index (χ0n) is 5.77. The van der Waals surface area contributed by atoms with Crippen molar-refractivity contribution in [3.8, 4) is 0 Å². The molecule has 9 heteroatoms. The molecular formula is C2H6O6PbS2. The van der Waals surface area contributed by atoms with Crippen molar-refractivity contribution < 1.29 is 25.9 Å². The Morgan fingerprint density at radius 2 is 0.818 bits per heavy atom. The first-order valence-corrected chi connectivity index (χ1v) is 5.45. The maximum absolute atomic E-state index is 9.08. The molecule has 0 spiro atoms. The predicted molar refractivity (Wildman–Crippen MR) is 37.0 cm³/mol. The molecule has 0 aliphatic carbocycles. The standard InChI is InChI=1S/2CH4O3S.Pb/c2*1-5(2,3)4;/h2*1H3,(H,2,3,4);/q;;+2/p-2. The average Bonchev–Trinajstić information content (AvgIpc) is 1.12. The Labute approximate surface area is 85.6 Å². The van der Waals surface area contributed by atoms with Crippen molar-refractivity contribution in [1.82, 2.24) is 0 Å². The second kappa shape index (κ2) is 6.28. The van der Waals surface area contributed by atoms with E-state index >= 15 is 0 Å². The predicted octanol–water partition coefficient (Wildman–Crippen LogP) is -2.06. The van der Waals surface area contributed by atoms with Crippen LogP contribution in [0.5, 0.6) is 0 Å². The van der Waals surface area contributed by atoms with Crippen LogP contribution >= 0.6 is 0 Å². The zero-order chi connectivity index (χ0) is 9.00. The summed E-state index contributed by atoms with van der Waals surface area (Å²) in [7, 11) is -7.83. The Morgan fingerprint density at radius 1 is 0.818 bits per heavy atom. The van der Waals surface area contributed by atoms with E-state index in [1.165, 1.54) is 0 Å². The van der Waals surface area contributed by atoms with E-state index in [0.717, 1.165) is 0 Å². The zero-order valence-corrected chi connectivity index (χ0v) is 11.3. The van der Waals surface area contributed by atoms with Crippen LogP contribution in [-0.2, 0) is 20.2 Å². The van der Waals surface area contributed by atoms with Crippen molar-refractivity contribution >= 4 is 47.5 Å². The van der Waals surface area contributed by atoms with Gasteiger partial charge in [0, 0.05) is 12.5 Å². The van der Waals surface area contributed by atoms with E-state index < -0.39 is 20.2 Å². The maximum Gasteiger partial charge on any atom is 2.00 e. The molecule has 0 atom stereocenters. The molecule has 0 saturated carbocycles. The van der Waals surface area contributed by atoms with Gasteiger partial charge in [-0.1, -0.05) is 0 Å². The fraction of sp³-hybridized carbons (Fsp3) is 1.00. The van der Waals surface area contributed by atoms with Gasteiger partial charge in [-0.05, 0) is 0 Å². The summed E-state index contributed by atoms with van der Waals surface area (Å²) in [6.07, 6.45) is 1.21. The molecule has 0 rings (SSSR count). The molecule has 0 aromatic heterocycles. The molecule has 2 radical (unpaired) electrons. The summed E-state index contributed by atoms with van der Waals surface area (Å²) in [6, 6.07) is 0. The van der Waals surface area contributed by atoms with Crippen molar-refractivity contribution in [3.63, 3.8) is 0 Å². The molecule has 0 saturated heterocycles. The van der Waals surface area contributed by atoms with Gasteiger partial charge in [0.25, 0.3) is 0 Å². The Hall–Kier alpha value is 0.742. The average molecular weight is 397 g/mol. The molecule has 66 valence electrons. The van der Waals surface area contributed by atoms with Crippen LogP contribution in [0.25, 0.3) is 0 Å². The molecule has 0 amide bonds. The van der Waals surface area contributed by atoms with Crippen LogP contribution < -0.4 is 0 Å². The maximum atomic E-state index is 9.08. The number of hydrogen-bond donors (Lipinski definition) is 0. The minimum absolute atomic E-state index is 0.